The molecule has 4 nitrogen and oxygen atoms in total. The van der Waals surface area contributed by atoms with Gasteiger partial charge in [-0.15, -0.1) is 0 Å². The Hall–Kier alpha value is -2.07. The van der Waals surface area contributed by atoms with E-state index in [0.717, 1.165) is 18.8 Å². The van der Waals surface area contributed by atoms with Crippen LogP contribution in [-0.2, 0) is 4.79 Å². The molecule has 1 atom stereocenters. The van der Waals surface area contributed by atoms with Crippen molar-refractivity contribution in [3.05, 3.63) is 54.4 Å². The van der Waals surface area contributed by atoms with E-state index < -0.39 is 0 Å². The average Bonchev–Trinajstić information content (AvgIpc) is 3.17. The molecule has 0 radical (unpaired) electrons. The average molecular weight is 283 g/mol. The van der Waals surface area contributed by atoms with E-state index in [1.165, 1.54) is 18.5 Å². The molecule has 1 amide bonds. The summed E-state index contributed by atoms with van der Waals surface area (Å²) in [6.07, 6.45) is 4.87. The molecule has 2 aromatic rings. The zero-order valence-electron chi connectivity index (χ0n) is 12.1. The molecule has 0 aliphatic carbocycles. The first kappa shape index (κ1) is 13.9. The number of carbonyl (C=O) groups is 1. The van der Waals surface area contributed by atoms with Gasteiger partial charge in [-0.2, -0.15) is 0 Å². The van der Waals surface area contributed by atoms with E-state index in [2.05, 4.69) is 21.3 Å². The van der Waals surface area contributed by atoms with Crippen LogP contribution in [0.15, 0.2) is 48.7 Å². The number of nitrogens with zero attached hydrogens (tertiary/aromatic N) is 1. The van der Waals surface area contributed by atoms with Crippen molar-refractivity contribution < 1.29 is 4.79 Å². The number of H-pyrrole nitrogens is 1. The number of likely N-dealkylation sites (tertiary alicyclic amines) is 1. The summed E-state index contributed by atoms with van der Waals surface area (Å²) >= 11 is 0. The molecule has 0 unspecified atom stereocenters. The number of hydrogen-bond acceptors (Lipinski definition) is 2. The summed E-state index contributed by atoms with van der Waals surface area (Å²) < 4.78 is 0. The SMILES string of the molecule is O=C(CCN1CCC[C@H]1c1ccc[nH]1)Nc1ccccc1. The molecule has 1 aromatic carbocycles. The molecule has 0 saturated carbocycles. The fourth-order valence-corrected chi connectivity index (χ4v) is 2.99. The van der Waals surface area contributed by atoms with Crippen molar-refractivity contribution in [3.63, 3.8) is 0 Å². The van der Waals surface area contributed by atoms with Crippen LogP contribution < -0.4 is 5.32 Å². The highest BCUT2D eigenvalue weighted by molar-refractivity contribution is 5.90. The van der Waals surface area contributed by atoms with Gasteiger partial charge in [0.15, 0.2) is 0 Å². The summed E-state index contributed by atoms with van der Waals surface area (Å²) in [4.78, 5) is 17.7. The number of para-hydroxylation sites is 1. The van der Waals surface area contributed by atoms with Gasteiger partial charge < -0.3 is 10.3 Å². The maximum Gasteiger partial charge on any atom is 0.225 e. The number of amides is 1. The fourth-order valence-electron chi connectivity index (χ4n) is 2.99. The molecule has 21 heavy (non-hydrogen) atoms. The monoisotopic (exact) mass is 283 g/mol. The van der Waals surface area contributed by atoms with Crippen LogP contribution in [0.1, 0.15) is 31.0 Å². The van der Waals surface area contributed by atoms with Crippen LogP contribution in [0.3, 0.4) is 0 Å². The zero-order chi connectivity index (χ0) is 14.5. The van der Waals surface area contributed by atoms with E-state index in [1.807, 2.05) is 42.6 Å². The van der Waals surface area contributed by atoms with Crippen molar-refractivity contribution in [1.82, 2.24) is 9.88 Å². The lowest BCUT2D eigenvalue weighted by Gasteiger charge is -2.23. The summed E-state index contributed by atoms with van der Waals surface area (Å²) in [6.45, 7) is 1.88. The van der Waals surface area contributed by atoms with Crippen molar-refractivity contribution in [1.29, 1.82) is 0 Å². The minimum Gasteiger partial charge on any atom is -0.364 e. The van der Waals surface area contributed by atoms with Crippen molar-refractivity contribution in [2.45, 2.75) is 25.3 Å². The predicted octanol–water partition coefficient (Wildman–Crippen LogP) is 3.18. The van der Waals surface area contributed by atoms with Crippen LogP contribution in [0.5, 0.6) is 0 Å². The van der Waals surface area contributed by atoms with Gasteiger partial charge >= 0.3 is 0 Å². The molecule has 1 fully saturated rings. The van der Waals surface area contributed by atoms with Gasteiger partial charge in [-0.05, 0) is 43.7 Å². The number of rotatable bonds is 5. The molecular weight excluding hydrogens is 262 g/mol. The third-order valence-electron chi connectivity index (χ3n) is 4.03. The number of carbonyl (C=O) groups excluding carboxylic acids is 1. The van der Waals surface area contributed by atoms with E-state index in [1.54, 1.807) is 0 Å². The molecule has 2 heterocycles. The summed E-state index contributed by atoms with van der Waals surface area (Å²) in [6, 6.07) is 14.2. The van der Waals surface area contributed by atoms with Crippen molar-refractivity contribution in [2.24, 2.45) is 0 Å². The molecule has 1 saturated heterocycles. The number of hydrogen-bond donors (Lipinski definition) is 2. The van der Waals surface area contributed by atoms with Gasteiger partial charge in [0.05, 0.1) is 0 Å². The Bertz CT molecular complexity index is 565. The van der Waals surface area contributed by atoms with Crippen molar-refractivity contribution in [3.8, 4) is 0 Å². The first-order chi connectivity index (χ1) is 10.3. The van der Waals surface area contributed by atoms with E-state index in [4.69, 9.17) is 0 Å². The molecule has 4 heteroatoms. The van der Waals surface area contributed by atoms with Gasteiger partial charge in [-0.25, -0.2) is 0 Å². The second-order valence-electron chi connectivity index (χ2n) is 5.48. The van der Waals surface area contributed by atoms with Crippen LogP contribution in [0.2, 0.25) is 0 Å². The Morgan fingerprint density at radius 2 is 2.10 bits per heavy atom. The summed E-state index contributed by atoms with van der Waals surface area (Å²) in [5.41, 5.74) is 2.13. The van der Waals surface area contributed by atoms with Gasteiger partial charge in [0, 0.05) is 36.6 Å². The van der Waals surface area contributed by atoms with Crippen LogP contribution in [-0.4, -0.2) is 28.9 Å². The topological polar surface area (TPSA) is 48.1 Å². The van der Waals surface area contributed by atoms with E-state index in [0.29, 0.717) is 12.5 Å². The Morgan fingerprint density at radius 3 is 2.86 bits per heavy atom. The molecule has 2 N–H and O–H groups in total. The molecule has 0 spiro atoms. The largest absolute Gasteiger partial charge is 0.364 e. The molecule has 1 aromatic heterocycles. The number of aromatic nitrogens is 1. The summed E-state index contributed by atoms with van der Waals surface area (Å²) in [7, 11) is 0. The van der Waals surface area contributed by atoms with Crippen molar-refractivity contribution >= 4 is 11.6 Å². The lowest BCUT2D eigenvalue weighted by molar-refractivity contribution is -0.116. The molecule has 3 rings (SSSR count). The predicted molar refractivity (Wildman–Crippen MR) is 84.0 cm³/mol. The van der Waals surface area contributed by atoms with E-state index >= 15 is 0 Å². The Balaban J connectivity index is 1.51. The van der Waals surface area contributed by atoms with Crippen LogP contribution in [0, 0.1) is 0 Å². The van der Waals surface area contributed by atoms with Gasteiger partial charge in [-0.3, -0.25) is 9.69 Å². The minimum atomic E-state index is 0.0818. The third kappa shape index (κ3) is 3.52. The number of aromatic amines is 1. The van der Waals surface area contributed by atoms with Crippen LogP contribution >= 0.6 is 0 Å². The molecule has 0 bridgehead atoms. The number of benzene rings is 1. The third-order valence-corrected chi connectivity index (χ3v) is 4.03. The first-order valence-electron chi connectivity index (χ1n) is 7.55. The fraction of sp³-hybridized carbons (Fsp3) is 0.353. The van der Waals surface area contributed by atoms with Gasteiger partial charge in [0.25, 0.3) is 0 Å². The lowest BCUT2D eigenvalue weighted by Crippen LogP contribution is -2.27. The smallest absolute Gasteiger partial charge is 0.225 e. The highest BCUT2D eigenvalue weighted by Crippen LogP contribution is 2.30. The van der Waals surface area contributed by atoms with Gasteiger partial charge in [0.2, 0.25) is 5.91 Å². The zero-order valence-corrected chi connectivity index (χ0v) is 12.1. The van der Waals surface area contributed by atoms with E-state index in [-0.39, 0.29) is 5.91 Å². The normalized spacial score (nSPS) is 18.8. The second kappa shape index (κ2) is 6.59. The van der Waals surface area contributed by atoms with Gasteiger partial charge in [-0.1, -0.05) is 18.2 Å². The van der Waals surface area contributed by atoms with Crippen LogP contribution in [0.25, 0.3) is 0 Å². The minimum absolute atomic E-state index is 0.0818. The highest BCUT2D eigenvalue weighted by atomic mass is 16.1. The van der Waals surface area contributed by atoms with Gasteiger partial charge in [0.1, 0.15) is 0 Å². The lowest BCUT2D eigenvalue weighted by atomic mass is 10.1. The maximum absolute atomic E-state index is 12.0. The Morgan fingerprint density at radius 1 is 1.24 bits per heavy atom. The van der Waals surface area contributed by atoms with Crippen LogP contribution in [0.4, 0.5) is 5.69 Å². The standard InChI is InChI=1S/C17H21N3O/c21-17(19-14-6-2-1-3-7-14)10-13-20-12-5-9-16(20)15-8-4-11-18-15/h1-4,6-8,11,16,18H,5,9-10,12-13H2,(H,19,21)/t16-/m0/s1. The quantitative estimate of drug-likeness (QED) is 0.885. The molecular formula is C17H21N3O. The van der Waals surface area contributed by atoms with E-state index in [9.17, 15) is 4.79 Å². The Labute approximate surface area is 125 Å². The molecule has 1 aliphatic heterocycles. The first-order valence-corrected chi connectivity index (χ1v) is 7.55. The maximum atomic E-state index is 12.0. The summed E-state index contributed by atoms with van der Waals surface area (Å²) in [5.74, 6) is 0.0818. The summed E-state index contributed by atoms with van der Waals surface area (Å²) in [5, 5.41) is 2.94. The Kier molecular flexibility index (Phi) is 4.36. The number of nitrogens with one attached hydrogen (secondary N) is 2. The highest BCUT2D eigenvalue weighted by Gasteiger charge is 2.26. The number of anilines is 1. The second-order valence-corrected chi connectivity index (χ2v) is 5.48. The molecule has 110 valence electrons. The van der Waals surface area contributed by atoms with Crippen molar-refractivity contribution in [2.75, 3.05) is 18.4 Å². The molecule has 1 aliphatic rings.